The summed E-state index contributed by atoms with van der Waals surface area (Å²) in [5.74, 6) is 0.611. The minimum atomic E-state index is -0.411. The molecule has 0 aliphatic carbocycles. The summed E-state index contributed by atoms with van der Waals surface area (Å²) in [6, 6.07) is 7.78. The lowest BCUT2D eigenvalue weighted by Crippen LogP contribution is -2.27. The van der Waals surface area contributed by atoms with Crippen molar-refractivity contribution >= 4 is 6.09 Å². The average Bonchev–Trinajstić information content (AvgIpc) is 2.29. The van der Waals surface area contributed by atoms with Crippen molar-refractivity contribution < 1.29 is 9.53 Å². The predicted molar refractivity (Wildman–Crippen MR) is 68.2 cm³/mol. The van der Waals surface area contributed by atoms with Crippen LogP contribution in [0.2, 0.25) is 0 Å². The molecule has 17 heavy (non-hydrogen) atoms. The first-order valence-electron chi connectivity index (χ1n) is 5.77. The lowest BCUT2D eigenvalue weighted by Gasteiger charge is -2.22. The maximum Gasteiger partial charge on any atom is 0.412 e. The van der Waals surface area contributed by atoms with E-state index in [9.17, 15) is 4.79 Å². The van der Waals surface area contributed by atoms with Crippen molar-refractivity contribution in [3.63, 3.8) is 0 Å². The van der Waals surface area contributed by atoms with Crippen molar-refractivity contribution in [3.05, 3.63) is 29.8 Å². The zero-order valence-corrected chi connectivity index (χ0v) is 10.9. The monoisotopic (exact) mass is 236 g/mol. The summed E-state index contributed by atoms with van der Waals surface area (Å²) in [4.78, 5) is 13.5. The number of rotatable bonds is 4. The molecular weight excluding hydrogens is 216 g/mol. The van der Waals surface area contributed by atoms with E-state index in [2.05, 4.69) is 17.1 Å². The van der Waals surface area contributed by atoms with Crippen LogP contribution in [0.25, 0.3) is 0 Å². The number of para-hydroxylation sites is 1. The third kappa shape index (κ3) is 3.75. The van der Waals surface area contributed by atoms with E-state index < -0.39 is 6.09 Å². The van der Waals surface area contributed by atoms with E-state index in [1.807, 2.05) is 45.3 Å². The highest BCUT2D eigenvalue weighted by Gasteiger charge is 2.14. The Balaban J connectivity index is 2.88. The number of benzene rings is 1. The van der Waals surface area contributed by atoms with Crippen LogP contribution in [0.1, 0.15) is 25.5 Å². The molecule has 1 aromatic rings. The van der Waals surface area contributed by atoms with E-state index >= 15 is 0 Å². The summed E-state index contributed by atoms with van der Waals surface area (Å²) in [5, 5.41) is 2.61. The van der Waals surface area contributed by atoms with Gasteiger partial charge in [-0.05, 0) is 34.0 Å². The highest BCUT2D eigenvalue weighted by Crippen LogP contribution is 2.27. The molecule has 1 amide bonds. The molecule has 1 aromatic carbocycles. The second-order valence-electron chi connectivity index (χ2n) is 4.10. The first-order chi connectivity index (χ1) is 8.06. The van der Waals surface area contributed by atoms with Crippen molar-refractivity contribution in [1.82, 2.24) is 10.2 Å². The largest absolute Gasteiger partial charge is 0.412 e. The summed E-state index contributed by atoms with van der Waals surface area (Å²) in [6.45, 7) is 4.49. The van der Waals surface area contributed by atoms with Gasteiger partial charge in [-0.3, -0.25) is 0 Å². The third-order valence-electron chi connectivity index (χ3n) is 2.67. The Hall–Kier alpha value is -1.55. The molecule has 94 valence electrons. The molecule has 0 aliphatic rings. The summed E-state index contributed by atoms with van der Waals surface area (Å²) >= 11 is 0. The van der Waals surface area contributed by atoms with Gasteiger partial charge in [0.05, 0.1) is 0 Å². The molecule has 0 heterocycles. The van der Waals surface area contributed by atoms with Gasteiger partial charge in [0.1, 0.15) is 5.75 Å². The molecule has 4 heteroatoms. The number of hydrogen-bond acceptors (Lipinski definition) is 3. The lowest BCUT2D eigenvalue weighted by atomic mass is 10.1. The SMILES string of the molecule is CCNC(=O)Oc1ccccc1C(C)N(C)C. The fourth-order valence-electron chi connectivity index (χ4n) is 1.48. The first kappa shape index (κ1) is 13.5. The van der Waals surface area contributed by atoms with Gasteiger partial charge in [0.15, 0.2) is 0 Å². The van der Waals surface area contributed by atoms with Crippen LogP contribution in [-0.4, -0.2) is 31.6 Å². The lowest BCUT2D eigenvalue weighted by molar-refractivity contribution is 0.199. The number of carbonyl (C=O) groups excluding carboxylic acids is 1. The van der Waals surface area contributed by atoms with Gasteiger partial charge >= 0.3 is 6.09 Å². The zero-order valence-electron chi connectivity index (χ0n) is 10.9. The smallest absolute Gasteiger partial charge is 0.410 e. The van der Waals surface area contributed by atoms with Crippen LogP contribution >= 0.6 is 0 Å². The predicted octanol–water partition coefficient (Wildman–Crippen LogP) is 2.42. The van der Waals surface area contributed by atoms with Crippen molar-refractivity contribution in [3.8, 4) is 5.75 Å². The quantitative estimate of drug-likeness (QED) is 0.873. The molecule has 1 rings (SSSR count). The van der Waals surface area contributed by atoms with Gasteiger partial charge in [-0.25, -0.2) is 4.79 Å². The van der Waals surface area contributed by atoms with Gasteiger partial charge in [-0.1, -0.05) is 18.2 Å². The zero-order chi connectivity index (χ0) is 12.8. The standard InChI is InChI=1S/C13H20N2O2/c1-5-14-13(16)17-12-9-7-6-8-11(12)10(2)15(3)4/h6-10H,5H2,1-4H3,(H,14,16). The third-order valence-corrected chi connectivity index (χ3v) is 2.67. The molecule has 0 aliphatic heterocycles. The maximum absolute atomic E-state index is 11.4. The fourth-order valence-corrected chi connectivity index (χ4v) is 1.48. The van der Waals surface area contributed by atoms with Gasteiger partial charge in [0.25, 0.3) is 0 Å². The summed E-state index contributed by atoms with van der Waals surface area (Å²) in [6.07, 6.45) is -0.411. The van der Waals surface area contributed by atoms with E-state index in [0.29, 0.717) is 12.3 Å². The normalized spacial score (nSPS) is 12.3. The van der Waals surface area contributed by atoms with Crippen LogP contribution in [0.5, 0.6) is 5.75 Å². The van der Waals surface area contributed by atoms with E-state index in [-0.39, 0.29) is 6.04 Å². The number of ether oxygens (including phenoxy) is 1. The van der Waals surface area contributed by atoms with Gasteiger partial charge in [0, 0.05) is 18.2 Å². The van der Waals surface area contributed by atoms with E-state index in [4.69, 9.17) is 4.74 Å². The maximum atomic E-state index is 11.4. The van der Waals surface area contributed by atoms with Crippen molar-refractivity contribution in [2.45, 2.75) is 19.9 Å². The topological polar surface area (TPSA) is 41.6 Å². The number of amides is 1. The number of carbonyl (C=O) groups is 1. The van der Waals surface area contributed by atoms with Crippen LogP contribution in [0.15, 0.2) is 24.3 Å². The van der Waals surface area contributed by atoms with Gasteiger partial charge in [0.2, 0.25) is 0 Å². The summed E-state index contributed by atoms with van der Waals surface area (Å²) in [7, 11) is 3.99. The van der Waals surface area contributed by atoms with Crippen LogP contribution in [0.4, 0.5) is 4.79 Å². The molecule has 4 nitrogen and oxygen atoms in total. The molecular formula is C13H20N2O2. The first-order valence-corrected chi connectivity index (χ1v) is 5.77. The van der Waals surface area contributed by atoms with E-state index in [1.54, 1.807) is 0 Å². The fraction of sp³-hybridized carbons (Fsp3) is 0.462. The molecule has 1 atom stereocenters. The van der Waals surface area contributed by atoms with Crippen LogP contribution in [0, 0.1) is 0 Å². The number of nitrogens with zero attached hydrogens (tertiary/aromatic N) is 1. The molecule has 0 aromatic heterocycles. The molecule has 0 bridgehead atoms. The average molecular weight is 236 g/mol. The number of hydrogen-bond donors (Lipinski definition) is 1. The van der Waals surface area contributed by atoms with Crippen LogP contribution < -0.4 is 10.1 Å². The summed E-state index contributed by atoms with van der Waals surface area (Å²) in [5.41, 5.74) is 1.00. The highest BCUT2D eigenvalue weighted by atomic mass is 16.6. The van der Waals surface area contributed by atoms with Gasteiger partial charge in [-0.2, -0.15) is 0 Å². The molecule has 0 radical (unpaired) electrons. The second kappa shape index (κ2) is 6.25. The highest BCUT2D eigenvalue weighted by molar-refractivity contribution is 5.70. The van der Waals surface area contributed by atoms with Crippen LogP contribution in [-0.2, 0) is 0 Å². The van der Waals surface area contributed by atoms with Crippen molar-refractivity contribution in [2.24, 2.45) is 0 Å². The van der Waals surface area contributed by atoms with Gasteiger partial charge < -0.3 is 15.0 Å². The second-order valence-corrected chi connectivity index (χ2v) is 4.10. The van der Waals surface area contributed by atoms with E-state index in [1.165, 1.54) is 0 Å². The Morgan fingerprint density at radius 3 is 2.65 bits per heavy atom. The molecule has 1 unspecified atom stereocenters. The Labute approximate surface area is 103 Å². The molecule has 0 fully saturated rings. The Morgan fingerprint density at radius 2 is 2.06 bits per heavy atom. The van der Waals surface area contributed by atoms with Crippen molar-refractivity contribution in [2.75, 3.05) is 20.6 Å². The minimum Gasteiger partial charge on any atom is -0.410 e. The van der Waals surface area contributed by atoms with Gasteiger partial charge in [-0.15, -0.1) is 0 Å². The Morgan fingerprint density at radius 1 is 1.41 bits per heavy atom. The minimum absolute atomic E-state index is 0.195. The van der Waals surface area contributed by atoms with Crippen LogP contribution in [0.3, 0.4) is 0 Å². The molecule has 0 saturated heterocycles. The van der Waals surface area contributed by atoms with E-state index in [0.717, 1.165) is 5.56 Å². The number of nitrogens with one attached hydrogen (secondary N) is 1. The molecule has 0 spiro atoms. The molecule has 0 saturated carbocycles. The van der Waals surface area contributed by atoms with Crippen molar-refractivity contribution in [1.29, 1.82) is 0 Å². The Bertz CT molecular complexity index is 377. The molecule has 1 N–H and O–H groups in total. The summed E-state index contributed by atoms with van der Waals surface area (Å²) < 4.78 is 5.28. The Kier molecular flexibility index (Phi) is 4.97.